The second kappa shape index (κ2) is 13.7. The summed E-state index contributed by atoms with van der Waals surface area (Å²) < 4.78 is 2.41. The molecule has 1 nitrogen and oxygen atoms in total. The minimum atomic E-state index is 1.17. The van der Waals surface area contributed by atoms with E-state index in [0.29, 0.717) is 0 Å². The summed E-state index contributed by atoms with van der Waals surface area (Å²) in [6.45, 7) is 0. The molecule has 0 bridgehead atoms. The van der Waals surface area contributed by atoms with Gasteiger partial charge >= 0.3 is 0 Å². The molecule has 0 saturated carbocycles. The van der Waals surface area contributed by atoms with Crippen molar-refractivity contribution in [2.24, 2.45) is 0 Å². The Labute approximate surface area is 332 Å². The number of para-hydroxylation sites is 2. The Morgan fingerprint density at radius 3 is 1.42 bits per heavy atom. The van der Waals surface area contributed by atoms with Gasteiger partial charge in [0.15, 0.2) is 0 Å². The van der Waals surface area contributed by atoms with Crippen LogP contribution in [0, 0.1) is 0 Å². The summed E-state index contributed by atoms with van der Waals surface area (Å²) in [4.78, 5) is 0. The number of benzene rings is 10. The quantitative estimate of drug-likeness (QED) is 0.119. The molecule has 266 valence electrons. The predicted molar refractivity (Wildman–Crippen MR) is 245 cm³/mol. The van der Waals surface area contributed by atoms with E-state index < -0.39 is 0 Å². The smallest absolute Gasteiger partial charge is 0.0547 e. The van der Waals surface area contributed by atoms with E-state index in [-0.39, 0.29) is 0 Å². The first kappa shape index (κ1) is 32.9. The average Bonchev–Trinajstić information content (AvgIpc) is 3.61. The van der Waals surface area contributed by atoms with Crippen LogP contribution in [-0.2, 0) is 0 Å². The molecule has 0 atom stereocenters. The minimum absolute atomic E-state index is 1.17. The van der Waals surface area contributed by atoms with Crippen LogP contribution in [0.1, 0.15) is 11.1 Å². The summed E-state index contributed by atoms with van der Waals surface area (Å²) in [5.74, 6) is 0. The summed E-state index contributed by atoms with van der Waals surface area (Å²) in [5.41, 5.74) is 13.4. The van der Waals surface area contributed by atoms with Gasteiger partial charge in [-0.15, -0.1) is 0 Å². The van der Waals surface area contributed by atoms with E-state index in [1.165, 1.54) is 104 Å². The van der Waals surface area contributed by atoms with Crippen LogP contribution in [-0.4, -0.2) is 4.57 Å². The van der Waals surface area contributed by atoms with Crippen molar-refractivity contribution in [2.45, 2.75) is 0 Å². The van der Waals surface area contributed by atoms with Crippen molar-refractivity contribution < 1.29 is 0 Å². The van der Waals surface area contributed by atoms with E-state index in [1.54, 1.807) is 0 Å². The molecule has 0 radical (unpaired) electrons. The first-order chi connectivity index (χ1) is 28.3. The zero-order chi connectivity index (χ0) is 37.7. The molecule has 1 heterocycles. The third kappa shape index (κ3) is 5.63. The highest BCUT2D eigenvalue weighted by atomic mass is 15.0. The van der Waals surface area contributed by atoms with Gasteiger partial charge < -0.3 is 4.57 Å². The van der Waals surface area contributed by atoms with Crippen molar-refractivity contribution >= 4 is 66.3 Å². The van der Waals surface area contributed by atoms with Crippen LogP contribution >= 0.6 is 0 Å². The molecule has 0 unspecified atom stereocenters. The lowest BCUT2D eigenvalue weighted by Crippen LogP contribution is -1.94. The highest BCUT2D eigenvalue weighted by molar-refractivity contribution is 6.22. The van der Waals surface area contributed by atoms with Gasteiger partial charge in [-0.25, -0.2) is 0 Å². The van der Waals surface area contributed by atoms with Crippen LogP contribution in [0.2, 0.25) is 0 Å². The fourth-order valence-corrected chi connectivity index (χ4v) is 8.94. The molecule has 0 spiro atoms. The van der Waals surface area contributed by atoms with Crippen LogP contribution in [0.3, 0.4) is 0 Å². The summed E-state index contributed by atoms with van der Waals surface area (Å²) in [6, 6.07) is 77.4. The number of hydrogen-bond acceptors (Lipinski definition) is 0. The van der Waals surface area contributed by atoms with E-state index in [9.17, 15) is 0 Å². The monoisotopic (exact) mass is 723 g/mol. The van der Waals surface area contributed by atoms with Gasteiger partial charge in [-0.2, -0.15) is 0 Å². The van der Waals surface area contributed by atoms with Crippen LogP contribution in [0.15, 0.2) is 212 Å². The SMILES string of the molecule is C(=C\c1ccc(-c2c3ccccc3c(-c3ccc4c5ccccc5n(-c5ccccc5)c4c3)c3ccccc23)cc1)/c1ccc(-c2cccc3ccccc23)cc1. The number of nitrogens with zero attached hydrogens (tertiary/aromatic N) is 1. The van der Waals surface area contributed by atoms with Crippen LogP contribution in [0.4, 0.5) is 0 Å². The molecule has 1 heteroatoms. The van der Waals surface area contributed by atoms with Gasteiger partial charge in [0, 0.05) is 16.5 Å². The second-order valence-electron chi connectivity index (χ2n) is 14.9. The van der Waals surface area contributed by atoms with Crippen molar-refractivity contribution in [1.82, 2.24) is 4.57 Å². The largest absolute Gasteiger partial charge is 0.309 e. The maximum atomic E-state index is 2.41. The number of fused-ring (bicyclic) bond motifs is 6. The van der Waals surface area contributed by atoms with Crippen molar-refractivity contribution in [3.8, 4) is 39.1 Å². The van der Waals surface area contributed by atoms with Gasteiger partial charge in [0.05, 0.1) is 11.0 Å². The molecule has 57 heavy (non-hydrogen) atoms. The lowest BCUT2D eigenvalue weighted by atomic mass is 9.85. The van der Waals surface area contributed by atoms with Crippen molar-refractivity contribution in [3.63, 3.8) is 0 Å². The van der Waals surface area contributed by atoms with Gasteiger partial charge in [0.2, 0.25) is 0 Å². The van der Waals surface area contributed by atoms with Crippen LogP contribution in [0.25, 0.3) is 105 Å². The lowest BCUT2D eigenvalue weighted by molar-refractivity contribution is 1.18. The molecule has 0 saturated heterocycles. The molecule has 0 amide bonds. The van der Waals surface area contributed by atoms with Crippen molar-refractivity contribution in [2.75, 3.05) is 0 Å². The zero-order valence-electron chi connectivity index (χ0n) is 31.3. The molecule has 0 aliphatic rings. The fourth-order valence-electron chi connectivity index (χ4n) is 8.94. The highest BCUT2D eigenvalue weighted by Gasteiger charge is 2.19. The molecule has 0 aliphatic heterocycles. The number of aromatic nitrogens is 1. The first-order valence-corrected chi connectivity index (χ1v) is 19.7. The average molecular weight is 724 g/mol. The molecule has 0 aliphatic carbocycles. The van der Waals surface area contributed by atoms with Gasteiger partial charge in [0.1, 0.15) is 0 Å². The summed E-state index contributed by atoms with van der Waals surface area (Å²) >= 11 is 0. The number of rotatable bonds is 6. The Kier molecular flexibility index (Phi) is 7.89. The molecule has 11 aromatic rings. The standard InChI is InChI=1S/C56H37N/c1-2-15-44(16-3-1)57-53-24-11-10-18-47(53)48-36-35-43(37-54(48)57)56-51-21-8-6-19-49(51)55(50-20-7-9-22-52(50)56)42-33-29-39(30-34-42)26-25-38-27-31-41(32-28-38)46-23-12-14-40-13-4-5-17-45(40)46/h1-37H/b26-25+. The Balaban J connectivity index is 0.980. The lowest BCUT2D eigenvalue weighted by Gasteiger charge is -2.18. The minimum Gasteiger partial charge on any atom is -0.309 e. The topological polar surface area (TPSA) is 4.93 Å². The number of hydrogen-bond donors (Lipinski definition) is 0. The molecule has 1 aromatic heterocycles. The molecule has 11 rings (SSSR count). The zero-order valence-corrected chi connectivity index (χ0v) is 31.3. The Hall–Kier alpha value is -7.48. The molecular formula is C56H37N. The Morgan fingerprint density at radius 1 is 0.298 bits per heavy atom. The fraction of sp³-hybridized carbons (Fsp3) is 0. The molecule has 0 fully saturated rings. The molecule has 10 aromatic carbocycles. The van der Waals surface area contributed by atoms with Gasteiger partial charge in [-0.3, -0.25) is 0 Å². The van der Waals surface area contributed by atoms with Crippen molar-refractivity contribution in [1.29, 1.82) is 0 Å². The Morgan fingerprint density at radius 2 is 0.772 bits per heavy atom. The van der Waals surface area contributed by atoms with E-state index in [4.69, 9.17) is 0 Å². The van der Waals surface area contributed by atoms with Crippen LogP contribution in [0.5, 0.6) is 0 Å². The maximum Gasteiger partial charge on any atom is 0.0547 e. The Bertz CT molecular complexity index is 3250. The van der Waals surface area contributed by atoms with Crippen molar-refractivity contribution in [3.05, 3.63) is 223 Å². The van der Waals surface area contributed by atoms with E-state index >= 15 is 0 Å². The normalized spacial score (nSPS) is 11.8. The third-order valence-electron chi connectivity index (χ3n) is 11.6. The second-order valence-corrected chi connectivity index (χ2v) is 14.9. The van der Waals surface area contributed by atoms with E-state index in [2.05, 4.69) is 229 Å². The van der Waals surface area contributed by atoms with E-state index in [1.807, 2.05) is 0 Å². The summed E-state index contributed by atoms with van der Waals surface area (Å²) in [7, 11) is 0. The van der Waals surface area contributed by atoms with Gasteiger partial charge in [-0.1, -0.05) is 200 Å². The molecule has 0 N–H and O–H groups in total. The molecular weight excluding hydrogens is 687 g/mol. The summed E-state index contributed by atoms with van der Waals surface area (Å²) in [6.07, 6.45) is 4.41. The maximum absolute atomic E-state index is 2.41. The highest BCUT2D eigenvalue weighted by Crippen LogP contribution is 2.45. The first-order valence-electron chi connectivity index (χ1n) is 19.7. The van der Waals surface area contributed by atoms with E-state index in [0.717, 1.165) is 0 Å². The van der Waals surface area contributed by atoms with Gasteiger partial charge in [-0.05, 0) is 101 Å². The van der Waals surface area contributed by atoms with Crippen LogP contribution < -0.4 is 0 Å². The predicted octanol–water partition coefficient (Wildman–Crippen LogP) is 15.4. The third-order valence-corrected chi connectivity index (χ3v) is 11.6. The summed E-state index contributed by atoms with van der Waals surface area (Å²) in [5, 5.41) is 10.1. The van der Waals surface area contributed by atoms with Gasteiger partial charge in [0.25, 0.3) is 0 Å².